The van der Waals surface area contributed by atoms with Gasteiger partial charge < -0.3 is 5.32 Å². The van der Waals surface area contributed by atoms with E-state index >= 15 is 0 Å². The summed E-state index contributed by atoms with van der Waals surface area (Å²) in [6, 6.07) is 5.61. The maximum Gasteiger partial charge on any atom is 0.224 e. The van der Waals surface area contributed by atoms with Gasteiger partial charge in [0.1, 0.15) is 0 Å². The zero-order valence-electron chi connectivity index (χ0n) is 13.9. The minimum Gasteiger partial charge on any atom is -0.356 e. The molecule has 1 amide bonds. The molecule has 1 aliphatic heterocycles. The summed E-state index contributed by atoms with van der Waals surface area (Å²) in [5.41, 5.74) is 1.07. The molecule has 1 fully saturated rings. The first-order valence-electron chi connectivity index (χ1n) is 8.39. The van der Waals surface area contributed by atoms with Gasteiger partial charge in [-0.2, -0.15) is 0 Å². The van der Waals surface area contributed by atoms with Crippen molar-refractivity contribution in [2.75, 3.05) is 19.6 Å². The number of amides is 1. The fourth-order valence-electron chi connectivity index (χ4n) is 2.93. The molecule has 1 saturated heterocycles. The van der Waals surface area contributed by atoms with Crippen molar-refractivity contribution >= 4 is 29.1 Å². The fraction of sp³-hybridized carbons (Fsp3) is 0.611. The highest BCUT2D eigenvalue weighted by Crippen LogP contribution is 2.25. The molecule has 0 radical (unpaired) electrons. The molecule has 0 aromatic heterocycles. The third-order valence-corrected chi connectivity index (χ3v) is 4.89. The van der Waals surface area contributed by atoms with Gasteiger partial charge in [-0.1, -0.05) is 43.1 Å². The Labute approximate surface area is 149 Å². The number of carbonyl (C=O) groups is 1. The van der Waals surface area contributed by atoms with Crippen molar-refractivity contribution in [1.82, 2.24) is 10.2 Å². The second-order valence-corrected chi connectivity index (χ2v) is 7.63. The van der Waals surface area contributed by atoms with Crippen LogP contribution in [0.2, 0.25) is 10.0 Å². The molecule has 1 aromatic carbocycles. The van der Waals surface area contributed by atoms with Crippen molar-refractivity contribution in [3.05, 3.63) is 33.8 Å². The summed E-state index contributed by atoms with van der Waals surface area (Å²) in [4.78, 5) is 14.6. The van der Waals surface area contributed by atoms with Crippen molar-refractivity contribution < 1.29 is 4.79 Å². The highest BCUT2D eigenvalue weighted by atomic mass is 35.5. The Morgan fingerprint density at radius 3 is 2.87 bits per heavy atom. The SMILES string of the molecule is CC(C)CCNC(=O)C1CCCN(Cc2ccc(Cl)cc2Cl)C1. The molecule has 0 saturated carbocycles. The van der Waals surface area contributed by atoms with Gasteiger partial charge in [-0.3, -0.25) is 9.69 Å². The molecular weight excluding hydrogens is 331 g/mol. The monoisotopic (exact) mass is 356 g/mol. The van der Waals surface area contributed by atoms with Crippen molar-refractivity contribution in [2.24, 2.45) is 11.8 Å². The van der Waals surface area contributed by atoms with E-state index in [1.807, 2.05) is 12.1 Å². The molecule has 1 heterocycles. The Morgan fingerprint density at radius 2 is 2.17 bits per heavy atom. The lowest BCUT2D eigenvalue weighted by molar-refractivity contribution is -0.126. The van der Waals surface area contributed by atoms with Gasteiger partial charge in [0.25, 0.3) is 0 Å². The van der Waals surface area contributed by atoms with E-state index in [1.54, 1.807) is 6.07 Å². The van der Waals surface area contributed by atoms with Crippen LogP contribution in [0.5, 0.6) is 0 Å². The summed E-state index contributed by atoms with van der Waals surface area (Å²) in [5.74, 6) is 0.893. The molecule has 1 atom stereocenters. The van der Waals surface area contributed by atoms with Crippen LogP contribution < -0.4 is 5.32 Å². The highest BCUT2D eigenvalue weighted by molar-refractivity contribution is 6.35. The van der Waals surface area contributed by atoms with Gasteiger partial charge in [0.05, 0.1) is 5.92 Å². The number of nitrogens with one attached hydrogen (secondary N) is 1. The standard InChI is InChI=1S/C18H26Cl2N2O/c1-13(2)7-8-21-18(23)15-4-3-9-22(12-15)11-14-5-6-16(19)10-17(14)20/h5-6,10,13,15H,3-4,7-9,11-12H2,1-2H3,(H,21,23). The number of carbonyl (C=O) groups excluding carboxylic acids is 1. The molecule has 1 aliphatic rings. The summed E-state index contributed by atoms with van der Waals surface area (Å²) < 4.78 is 0. The Bertz CT molecular complexity index is 534. The summed E-state index contributed by atoms with van der Waals surface area (Å²) in [7, 11) is 0. The maximum absolute atomic E-state index is 12.3. The molecule has 0 bridgehead atoms. The minimum absolute atomic E-state index is 0.0852. The average Bonchev–Trinajstić information content (AvgIpc) is 2.50. The van der Waals surface area contributed by atoms with Crippen LogP contribution in [-0.2, 0) is 11.3 Å². The van der Waals surface area contributed by atoms with E-state index in [0.717, 1.165) is 51.0 Å². The van der Waals surface area contributed by atoms with Crippen molar-refractivity contribution in [1.29, 1.82) is 0 Å². The van der Waals surface area contributed by atoms with Crippen LogP contribution in [0.4, 0.5) is 0 Å². The van der Waals surface area contributed by atoms with Gasteiger partial charge in [0.2, 0.25) is 5.91 Å². The van der Waals surface area contributed by atoms with Gasteiger partial charge >= 0.3 is 0 Å². The minimum atomic E-state index is 0.0852. The van der Waals surface area contributed by atoms with Gasteiger partial charge in [-0.05, 0) is 49.4 Å². The van der Waals surface area contributed by atoms with Crippen molar-refractivity contribution in [2.45, 2.75) is 39.7 Å². The van der Waals surface area contributed by atoms with E-state index in [-0.39, 0.29) is 11.8 Å². The number of piperidine rings is 1. The van der Waals surface area contributed by atoms with Gasteiger partial charge in [0, 0.05) is 29.7 Å². The number of likely N-dealkylation sites (tertiary alicyclic amines) is 1. The van der Waals surface area contributed by atoms with E-state index in [0.29, 0.717) is 16.0 Å². The van der Waals surface area contributed by atoms with Crippen LogP contribution in [-0.4, -0.2) is 30.4 Å². The lowest BCUT2D eigenvalue weighted by Crippen LogP contribution is -2.43. The lowest BCUT2D eigenvalue weighted by atomic mass is 9.96. The van der Waals surface area contributed by atoms with Gasteiger partial charge in [-0.25, -0.2) is 0 Å². The molecule has 1 aromatic rings. The van der Waals surface area contributed by atoms with Crippen molar-refractivity contribution in [3.63, 3.8) is 0 Å². The Balaban J connectivity index is 1.86. The number of hydrogen-bond donors (Lipinski definition) is 1. The predicted octanol–water partition coefficient (Wildman–Crippen LogP) is 4.37. The normalized spacial score (nSPS) is 19.1. The second kappa shape index (κ2) is 8.91. The molecule has 0 aliphatic carbocycles. The second-order valence-electron chi connectivity index (χ2n) is 6.78. The summed E-state index contributed by atoms with van der Waals surface area (Å²) >= 11 is 12.2. The zero-order valence-corrected chi connectivity index (χ0v) is 15.5. The summed E-state index contributed by atoms with van der Waals surface area (Å²) in [6.07, 6.45) is 3.05. The topological polar surface area (TPSA) is 32.3 Å². The summed E-state index contributed by atoms with van der Waals surface area (Å²) in [6.45, 7) is 7.69. The Morgan fingerprint density at radius 1 is 1.39 bits per heavy atom. The molecule has 0 spiro atoms. The van der Waals surface area contributed by atoms with E-state index in [4.69, 9.17) is 23.2 Å². The number of rotatable bonds is 6. The highest BCUT2D eigenvalue weighted by Gasteiger charge is 2.25. The van der Waals surface area contributed by atoms with E-state index in [9.17, 15) is 4.79 Å². The molecule has 5 heteroatoms. The third-order valence-electron chi connectivity index (χ3n) is 4.31. The maximum atomic E-state index is 12.3. The lowest BCUT2D eigenvalue weighted by Gasteiger charge is -2.32. The first-order chi connectivity index (χ1) is 11.0. The Kier molecular flexibility index (Phi) is 7.19. The number of benzene rings is 1. The van der Waals surface area contributed by atoms with Gasteiger partial charge in [0.15, 0.2) is 0 Å². The van der Waals surface area contributed by atoms with Crippen LogP contribution in [0.3, 0.4) is 0 Å². The smallest absolute Gasteiger partial charge is 0.224 e. The first-order valence-corrected chi connectivity index (χ1v) is 9.15. The quantitative estimate of drug-likeness (QED) is 0.820. The van der Waals surface area contributed by atoms with E-state index < -0.39 is 0 Å². The number of halogens is 2. The van der Waals surface area contributed by atoms with Crippen LogP contribution in [0, 0.1) is 11.8 Å². The number of hydrogen-bond acceptors (Lipinski definition) is 2. The zero-order chi connectivity index (χ0) is 16.8. The summed E-state index contributed by atoms with van der Waals surface area (Å²) in [5, 5.41) is 4.43. The van der Waals surface area contributed by atoms with Crippen LogP contribution in [0.1, 0.15) is 38.7 Å². The molecule has 1 N–H and O–H groups in total. The molecule has 1 unspecified atom stereocenters. The first kappa shape index (κ1) is 18.6. The molecule has 3 nitrogen and oxygen atoms in total. The molecular formula is C18H26Cl2N2O. The number of nitrogens with zero attached hydrogens (tertiary/aromatic N) is 1. The molecule has 23 heavy (non-hydrogen) atoms. The van der Waals surface area contributed by atoms with Crippen LogP contribution in [0.15, 0.2) is 18.2 Å². The fourth-order valence-corrected chi connectivity index (χ4v) is 3.40. The largest absolute Gasteiger partial charge is 0.356 e. The third kappa shape index (κ3) is 5.98. The Hall–Kier alpha value is -0.770. The van der Waals surface area contributed by atoms with E-state index in [2.05, 4.69) is 24.1 Å². The molecule has 2 rings (SSSR count). The van der Waals surface area contributed by atoms with E-state index in [1.165, 1.54) is 0 Å². The molecule has 128 valence electrons. The van der Waals surface area contributed by atoms with Crippen LogP contribution in [0.25, 0.3) is 0 Å². The van der Waals surface area contributed by atoms with Gasteiger partial charge in [-0.15, -0.1) is 0 Å². The van der Waals surface area contributed by atoms with Crippen LogP contribution >= 0.6 is 23.2 Å². The van der Waals surface area contributed by atoms with Crippen molar-refractivity contribution in [3.8, 4) is 0 Å². The predicted molar refractivity (Wildman–Crippen MR) is 96.9 cm³/mol. The average molecular weight is 357 g/mol.